The molecule has 1 aliphatic rings. The van der Waals surface area contributed by atoms with Crippen molar-refractivity contribution in [1.82, 2.24) is 10.1 Å². The Morgan fingerprint density at radius 1 is 1.48 bits per heavy atom. The van der Waals surface area contributed by atoms with Crippen molar-refractivity contribution >= 4 is 5.91 Å². The number of aliphatic hydroxyl groups excluding tert-OH is 1. The summed E-state index contributed by atoms with van der Waals surface area (Å²) in [7, 11) is 0. The first-order valence-corrected chi connectivity index (χ1v) is 7.35. The van der Waals surface area contributed by atoms with Crippen molar-refractivity contribution in [1.29, 1.82) is 0 Å². The minimum absolute atomic E-state index is 0.105. The molecule has 0 aliphatic carbocycles. The first-order chi connectivity index (χ1) is 11.1. The molecule has 1 N–H and O–H groups in total. The van der Waals surface area contributed by atoms with Gasteiger partial charge in [-0.15, -0.1) is 0 Å². The zero-order valence-corrected chi connectivity index (χ0v) is 12.6. The maximum absolute atomic E-state index is 13.8. The molecule has 23 heavy (non-hydrogen) atoms. The van der Waals surface area contributed by atoms with Crippen LogP contribution in [0.25, 0.3) is 11.3 Å². The normalized spacial score (nSPS) is 21.4. The minimum Gasteiger partial charge on any atom is -0.394 e. The molecule has 1 aromatic carbocycles. The van der Waals surface area contributed by atoms with Gasteiger partial charge >= 0.3 is 0 Å². The number of carbonyl (C=O) groups is 1. The zero-order chi connectivity index (χ0) is 16.4. The molecule has 122 valence electrons. The van der Waals surface area contributed by atoms with Crippen molar-refractivity contribution in [2.75, 3.05) is 19.8 Å². The highest BCUT2D eigenvalue weighted by Crippen LogP contribution is 2.24. The van der Waals surface area contributed by atoms with E-state index in [4.69, 9.17) is 9.26 Å². The van der Waals surface area contributed by atoms with E-state index in [2.05, 4.69) is 5.16 Å². The van der Waals surface area contributed by atoms with E-state index < -0.39 is 11.9 Å². The maximum Gasteiger partial charge on any atom is 0.276 e. The van der Waals surface area contributed by atoms with E-state index in [1.54, 1.807) is 23.1 Å². The monoisotopic (exact) mass is 320 g/mol. The number of nitrogens with zero attached hydrogens (tertiary/aromatic N) is 2. The Kier molecular flexibility index (Phi) is 4.40. The highest BCUT2D eigenvalue weighted by Gasteiger charge is 2.31. The third kappa shape index (κ3) is 3.11. The predicted octanol–water partition coefficient (Wildman–Crippen LogP) is 1.70. The van der Waals surface area contributed by atoms with Gasteiger partial charge in [-0.25, -0.2) is 4.39 Å². The largest absolute Gasteiger partial charge is 0.394 e. The van der Waals surface area contributed by atoms with Gasteiger partial charge in [0.1, 0.15) is 5.82 Å². The molecule has 1 aliphatic heterocycles. The molecule has 1 fully saturated rings. The lowest BCUT2D eigenvalue weighted by atomic mass is 10.1. The van der Waals surface area contributed by atoms with Crippen molar-refractivity contribution in [3.05, 3.63) is 41.8 Å². The van der Waals surface area contributed by atoms with Gasteiger partial charge in [0.15, 0.2) is 11.5 Å². The number of benzene rings is 1. The topological polar surface area (TPSA) is 75.8 Å². The van der Waals surface area contributed by atoms with Crippen LogP contribution in [0, 0.1) is 5.82 Å². The summed E-state index contributed by atoms with van der Waals surface area (Å²) in [4.78, 5) is 14.2. The lowest BCUT2D eigenvalue weighted by Crippen LogP contribution is -2.52. The van der Waals surface area contributed by atoms with Crippen LogP contribution in [0.2, 0.25) is 0 Å². The Balaban J connectivity index is 1.82. The number of aliphatic hydroxyl groups is 1. The predicted molar refractivity (Wildman–Crippen MR) is 79.2 cm³/mol. The summed E-state index contributed by atoms with van der Waals surface area (Å²) in [6, 6.07) is 7.42. The summed E-state index contributed by atoms with van der Waals surface area (Å²) >= 11 is 0. The fourth-order valence-electron chi connectivity index (χ4n) is 2.52. The van der Waals surface area contributed by atoms with E-state index >= 15 is 0 Å². The Morgan fingerprint density at radius 3 is 3.00 bits per heavy atom. The number of hydrogen-bond donors (Lipinski definition) is 1. The lowest BCUT2D eigenvalue weighted by molar-refractivity contribution is -0.0669. The average molecular weight is 320 g/mol. The Hall–Kier alpha value is -2.25. The summed E-state index contributed by atoms with van der Waals surface area (Å²) in [6.07, 6.45) is -0.409. The van der Waals surface area contributed by atoms with Gasteiger partial charge in [-0.1, -0.05) is 17.3 Å². The van der Waals surface area contributed by atoms with Crippen LogP contribution in [0.4, 0.5) is 4.39 Å². The van der Waals surface area contributed by atoms with Gasteiger partial charge < -0.3 is 19.3 Å². The summed E-state index contributed by atoms with van der Waals surface area (Å²) in [5, 5.41) is 12.9. The minimum atomic E-state index is -0.442. The number of halogens is 1. The van der Waals surface area contributed by atoms with E-state index in [9.17, 15) is 14.3 Å². The van der Waals surface area contributed by atoms with Crippen LogP contribution >= 0.6 is 0 Å². The Labute approximate surface area is 132 Å². The van der Waals surface area contributed by atoms with E-state index in [-0.39, 0.29) is 42.1 Å². The summed E-state index contributed by atoms with van der Waals surface area (Å²) in [6.45, 7) is 2.31. The van der Waals surface area contributed by atoms with Gasteiger partial charge in [0.25, 0.3) is 5.91 Å². The molecule has 3 rings (SSSR count). The Morgan fingerprint density at radius 2 is 2.26 bits per heavy atom. The molecule has 6 nitrogen and oxygen atoms in total. The van der Waals surface area contributed by atoms with Gasteiger partial charge in [-0.3, -0.25) is 4.79 Å². The summed E-state index contributed by atoms with van der Waals surface area (Å²) in [5.41, 5.74) is 0.357. The maximum atomic E-state index is 13.8. The standard InChI is InChI=1S/C16H17FN2O4/c1-10-9-22-11(8-20)7-19(10)16(21)14-6-15(23-18-14)12-4-2-3-5-13(12)17/h2-6,10-11,20H,7-9H2,1H3. The van der Waals surface area contributed by atoms with Crippen LogP contribution < -0.4 is 0 Å². The van der Waals surface area contributed by atoms with E-state index in [1.807, 2.05) is 6.92 Å². The molecule has 2 atom stereocenters. The van der Waals surface area contributed by atoms with Gasteiger partial charge in [0.05, 0.1) is 30.9 Å². The molecular formula is C16H17FN2O4. The fraction of sp³-hybridized carbons (Fsp3) is 0.375. The molecule has 0 radical (unpaired) electrons. The molecule has 1 aromatic heterocycles. The molecule has 1 saturated heterocycles. The number of rotatable bonds is 3. The van der Waals surface area contributed by atoms with Crippen LogP contribution in [0.5, 0.6) is 0 Å². The van der Waals surface area contributed by atoms with Crippen molar-refractivity contribution in [2.45, 2.75) is 19.1 Å². The third-order valence-electron chi connectivity index (χ3n) is 3.84. The first-order valence-electron chi connectivity index (χ1n) is 7.35. The Bertz CT molecular complexity index is 703. The number of morpholine rings is 1. The number of ether oxygens (including phenoxy) is 1. The fourth-order valence-corrected chi connectivity index (χ4v) is 2.52. The molecular weight excluding hydrogens is 303 g/mol. The lowest BCUT2D eigenvalue weighted by Gasteiger charge is -2.36. The van der Waals surface area contributed by atoms with Gasteiger partial charge in [0.2, 0.25) is 0 Å². The van der Waals surface area contributed by atoms with Crippen LogP contribution in [0.15, 0.2) is 34.9 Å². The van der Waals surface area contributed by atoms with Crippen molar-refractivity contribution in [3.63, 3.8) is 0 Å². The highest BCUT2D eigenvalue weighted by molar-refractivity contribution is 5.93. The van der Waals surface area contributed by atoms with Gasteiger partial charge in [0, 0.05) is 12.6 Å². The average Bonchev–Trinajstić information content (AvgIpc) is 3.05. The zero-order valence-electron chi connectivity index (χ0n) is 12.6. The van der Waals surface area contributed by atoms with Gasteiger partial charge in [-0.05, 0) is 19.1 Å². The molecule has 7 heteroatoms. The molecule has 0 spiro atoms. The van der Waals surface area contributed by atoms with Crippen molar-refractivity contribution < 1.29 is 23.6 Å². The smallest absolute Gasteiger partial charge is 0.276 e. The summed E-state index contributed by atoms with van der Waals surface area (Å²) < 4.78 is 24.3. The number of carbonyl (C=O) groups excluding carboxylic acids is 1. The molecule has 2 heterocycles. The number of amides is 1. The molecule has 0 bridgehead atoms. The van der Waals surface area contributed by atoms with Crippen LogP contribution in [-0.2, 0) is 4.74 Å². The highest BCUT2D eigenvalue weighted by atomic mass is 19.1. The van der Waals surface area contributed by atoms with E-state index in [0.29, 0.717) is 6.61 Å². The second-order valence-corrected chi connectivity index (χ2v) is 5.50. The van der Waals surface area contributed by atoms with Crippen LogP contribution in [0.3, 0.4) is 0 Å². The van der Waals surface area contributed by atoms with E-state index in [1.165, 1.54) is 12.1 Å². The van der Waals surface area contributed by atoms with E-state index in [0.717, 1.165) is 0 Å². The molecule has 2 aromatic rings. The molecule has 0 saturated carbocycles. The first kappa shape index (κ1) is 15.6. The third-order valence-corrected chi connectivity index (χ3v) is 3.84. The van der Waals surface area contributed by atoms with Crippen molar-refractivity contribution in [3.8, 4) is 11.3 Å². The quantitative estimate of drug-likeness (QED) is 0.931. The number of aromatic nitrogens is 1. The second-order valence-electron chi connectivity index (χ2n) is 5.50. The van der Waals surface area contributed by atoms with Gasteiger partial charge in [-0.2, -0.15) is 0 Å². The molecule has 2 unspecified atom stereocenters. The van der Waals surface area contributed by atoms with Crippen LogP contribution in [-0.4, -0.2) is 53.0 Å². The van der Waals surface area contributed by atoms with Crippen LogP contribution in [0.1, 0.15) is 17.4 Å². The summed E-state index contributed by atoms with van der Waals surface area (Å²) in [5.74, 6) is -0.570. The number of hydrogen-bond acceptors (Lipinski definition) is 5. The second kappa shape index (κ2) is 6.47. The SMILES string of the molecule is CC1COC(CO)CN1C(=O)c1cc(-c2ccccc2F)on1. The van der Waals surface area contributed by atoms with Crippen molar-refractivity contribution in [2.24, 2.45) is 0 Å². The molecule has 1 amide bonds.